The molecule has 1 N–H and O–H groups in total. The number of amides is 1. The Morgan fingerprint density at radius 3 is 2.73 bits per heavy atom. The summed E-state index contributed by atoms with van der Waals surface area (Å²) in [5.41, 5.74) is 1.14. The molecule has 1 amide bonds. The quantitative estimate of drug-likeness (QED) is 0.911. The molecule has 0 bridgehead atoms. The fourth-order valence-electron chi connectivity index (χ4n) is 2.88. The molecule has 0 fully saturated rings. The molecule has 0 saturated heterocycles. The molecule has 3 nitrogen and oxygen atoms in total. The molecular weight excluding hydrogens is 274 g/mol. The third-order valence-corrected chi connectivity index (χ3v) is 3.91. The Morgan fingerprint density at radius 1 is 1.14 bits per heavy atom. The standard InChI is InChI=1S/C19H21NO2/c1-13(2)10-17-18(11-19(21)20-17)22-12-15-8-5-7-14-6-3-4-9-16(14)15/h3-9,11,13,17H,10,12H2,1-2H3,(H,20,21). The summed E-state index contributed by atoms with van der Waals surface area (Å²) in [4.78, 5) is 11.6. The van der Waals surface area contributed by atoms with Crippen LogP contribution in [0, 0.1) is 5.92 Å². The van der Waals surface area contributed by atoms with Crippen LogP contribution >= 0.6 is 0 Å². The Bertz CT molecular complexity index is 713. The number of hydrogen-bond donors (Lipinski definition) is 1. The number of carbonyl (C=O) groups is 1. The second-order valence-corrected chi connectivity index (χ2v) is 6.16. The van der Waals surface area contributed by atoms with Crippen LogP contribution in [-0.2, 0) is 16.1 Å². The zero-order valence-electron chi connectivity index (χ0n) is 13.0. The topological polar surface area (TPSA) is 38.3 Å². The van der Waals surface area contributed by atoms with Gasteiger partial charge < -0.3 is 10.1 Å². The molecule has 1 heterocycles. The van der Waals surface area contributed by atoms with Gasteiger partial charge in [0.15, 0.2) is 0 Å². The molecule has 1 aliphatic heterocycles. The van der Waals surface area contributed by atoms with Crippen LogP contribution in [0.25, 0.3) is 10.8 Å². The van der Waals surface area contributed by atoms with Gasteiger partial charge in [-0.15, -0.1) is 0 Å². The third kappa shape index (κ3) is 3.14. The van der Waals surface area contributed by atoms with Gasteiger partial charge in [-0.1, -0.05) is 56.3 Å². The maximum absolute atomic E-state index is 11.6. The molecule has 22 heavy (non-hydrogen) atoms. The minimum absolute atomic E-state index is 0.00229. The first-order valence-electron chi connectivity index (χ1n) is 7.75. The van der Waals surface area contributed by atoms with Gasteiger partial charge in [-0.25, -0.2) is 0 Å². The highest BCUT2D eigenvalue weighted by Crippen LogP contribution is 2.23. The van der Waals surface area contributed by atoms with Gasteiger partial charge in [-0.3, -0.25) is 4.79 Å². The van der Waals surface area contributed by atoms with Gasteiger partial charge in [0.05, 0.1) is 6.04 Å². The van der Waals surface area contributed by atoms with E-state index in [-0.39, 0.29) is 11.9 Å². The summed E-state index contributed by atoms with van der Waals surface area (Å²) in [6, 6.07) is 14.5. The van der Waals surface area contributed by atoms with Crippen LogP contribution in [0.5, 0.6) is 0 Å². The van der Waals surface area contributed by atoms with Crippen molar-refractivity contribution >= 4 is 16.7 Å². The summed E-state index contributed by atoms with van der Waals surface area (Å²) in [5.74, 6) is 1.21. The van der Waals surface area contributed by atoms with Crippen molar-refractivity contribution in [3.8, 4) is 0 Å². The monoisotopic (exact) mass is 295 g/mol. The third-order valence-electron chi connectivity index (χ3n) is 3.91. The number of hydrogen-bond acceptors (Lipinski definition) is 2. The van der Waals surface area contributed by atoms with E-state index >= 15 is 0 Å². The highest BCUT2D eigenvalue weighted by Gasteiger charge is 2.26. The smallest absolute Gasteiger partial charge is 0.248 e. The molecule has 1 unspecified atom stereocenters. The Hall–Kier alpha value is -2.29. The summed E-state index contributed by atoms with van der Waals surface area (Å²) in [5, 5.41) is 5.36. The van der Waals surface area contributed by atoms with Crippen LogP contribution in [0.1, 0.15) is 25.8 Å². The average Bonchev–Trinajstić information content (AvgIpc) is 2.84. The van der Waals surface area contributed by atoms with Crippen molar-refractivity contribution < 1.29 is 9.53 Å². The maximum Gasteiger partial charge on any atom is 0.248 e. The first kappa shape index (κ1) is 14.6. The number of fused-ring (bicyclic) bond motifs is 1. The molecule has 0 aromatic heterocycles. The van der Waals surface area contributed by atoms with Crippen LogP contribution in [0.3, 0.4) is 0 Å². The minimum atomic E-state index is -0.0569. The molecule has 0 saturated carbocycles. The van der Waals surface area contributed by atoms with Crippen LogP contribution < -0.4 is 5.32 Å². The molecule has 1 atom stereocenters. The van der Waals surface area contributed by atoms with E-state index in [9.17, 15) is 4.79 Å². The van der Waals surface area contributed by atoms with E-state index in [1.54, 1.807) is 6.08 Å². The molecule has 0 radical (unpaired) electrons. The van der Waals surface area contributed by atoms with Crippen LogP contribution in [0.4, 0.5) is 0 Å². The second-order valence-electron chi connectivity index (χ2n) is 6.16. The Kier molecular flexibility index (Phi) is 4.14. The fourth-order valence-corrected chi connectivity index (χ4v) is 2.88. The van der Waals surface area contributed by atoms with Crippen molar-refractivity contribution in [2.24, 2.45) is 5.92 Å². The lowest BCUT2D eigenvalue weighted by atomic mass is 10.0. The van der Waals surface area contributed by atoms with E-state index in [1.165, 1.54) is 10.8 Å². The Morgan fingerprint density at radius 2 is 1.91 bits per heavy atom. The number of carbonyl (C=O) groups excluding carboxylic acids is 1. The number of benzene rings is 2. The lowest BCUT2D eigenvalue weighted by Crippen LogP contribution is -2.30. The van der Waals surface area contributed by atoms with Gasteiger partial charge in [-0.05, 0) is 28.7 Å². The Labute approximate surface area is 131 Å². The normalized spacial score (nSPS) is 17.7. The molecule has 1 aliphatic rings. The minimum Gasteiger partial charge on any atom is -0.491 e. The van der Waals surface area contributed by atoms with Gasteiger partial charge >= 0.3 is 0 Å². The first-order valence-corrected chi connectivity index (χ1v) is 7.75. The predicted octanol–water partition coefficient (Wildman–Crippen LogP) is 3.78. The highest BCUT2D eigenvalue weighted by atomic mass is 16.5. The number of nitrogens with one attached hydrogen (secondary N) is 1. The SMILES string of the molecule is CC(C)CC1NC(=O)C=C1OCc1cccc2ccccc12. The van der Waals surface area contributed by atoms with E-state index in [2.05, 4.69) is 43.4 Å². The van der Waals surface area contributed by atoms with Crippen molar-refractivity contribution in [1.82, 2.24) is 5.32 Å². The number of ether oxygens (including phenoxy) is 1. The van der Waals surface area contributed by atoms with E-state index in [1.807, 2.05) is 18.2 Å². The molecule has 0 aliphatic carbocycles. The lowest BCUT2D eigenvalue weighted by molar-refractivity contribution is -0.116. The lowest BCUT2D eigenvalue weighted by Gasteiger charge is -2.18. The summed E-state index contributed by atoms with van der Waals surface area (Å²) < 4.78 is 5.96. The van der Waals surface area contributed by atoms with Crippen molar-refractivity contribution in [2.75, 3.05) is 0 Å². The first-order chi connectivity index (χ1) is 10.6. The maximum atomic E-state index is 11.6. The van der Waals surface area contributed by atoms with E-state index < -0.39 is 0 Å². The molecule has 3 rings (SSSR count). The van der Waals surface area contributed by atoms with Crippen LogP contribution in [0.15, 0.2) is 54.3 Å². The van der Waals surface area contributed by atoms with Crippen molar-refractivity contribution in [3.63, 3.8) is 0 Å². The average molecular weight is 295 g/mol. The zero-order valence-corrected chi connectivity index (χ0v) is 13.0. The van der Waals surface area contributed by atoms with E-state index in [0.717, 1.165) is 17.7 Å². The molecule has 2 aromatic carbocycles. The van der Waals surface area contributed by atoms with Crippen molar-refractivity contribution in [1.29, 1.82) is 0 Å². The van der Waals surface area contributed by atoms with Crippen molar-refractivity contribution in [2.45, 2.75) is 32.9 Å². The highest BCUT2D eigenvalue weighted by molar-refractivity contribution is 5.91. The van der Waals surface area contributed by atoms with Crippen LogP contribution in [0.2, 0.25) is 0 Å². The van der Waals surface area contributed by atoms with Gasteiger partial charge in [0.2, 0.25) is 5.91 Å². The molecule has 0 spiro atoms. The van der Waals surface area contributed by atoms with Gasteiger partial charge in [0, 0.05) is 6.08 Å². The van der Waals surface area contributed by atoms with E-state index in [0.29, 0.717) is 12.5 Å². The van der Waals surface area contributed by atoms with Crippen molar-refractivity contribution in [3.05, 3.63) is 59.9 Å². The van der Waals surface area contributed by atoms with Crippen LogP contribution in [-0.4, -0.2) is 11.9 Å². The number of rotatable bonds is 5. The zero-order chi connectivity index (χ0) is 15.5. The predicted molar refractivity (Wildman–Crippen MR) is 88.2 cm³/mol. The largest absolute Gasteiger partial charge is 0.491 e. The van der Waals surface area contributed by atoms with Gasteiger partial charge in [-0.2, -0.15) is 0 Å². The summed E-state index contributed by atoms with van der Waals surface area (Å²) in [6.07, 6.45) is 2.48. The summed E-state index contributed by atoms with van der Waals surface area (Å²) in [7, 11) is 0. The summed E-state index contributed by atoms with van der Waals surface area (Å²) in [6.45, 7) is 4.77. The molecule has 3 heteroatoms. The van der Waals surface area contributed by atoms with Gasteiger partial charge in [0.1, 0.15) is 12.4 Å². The molecule has 114 valence electrons. The van der Waals surface area contributed by atoms with Gasteiger partial charge in [0.25, 0.3) is 0 Å². The fraction of sp³-hybridized carbons (Fsp3) is 0.316. The second kappa shape index (κ2) is 6.22. The molecule has 2 aromatic rings. The van der Waals surface area contributed by atoms with E-state index in [4.69, 9.17) is 4.74 Å². The summed E-state index contributed by atoms with van der Waals surface area (Å²) >= 11 is 0. The Balaban J connectivity index is 1.76. The molecular formula is C19H21NO2.